The smallest absolute Gasteiger partial charge is 0.270 e. The predicted molar refractivity (Wildman–Crippen MR) is 136 cm³/mol. The number of hydrogen-bond donors (Lipinski definition) is 3. The Balaban J connectivity index is 1.46. The van der Waals surface area contributed by atoms with E-state index < -0.39 is 0 Å². The molecule has 1 saturated heterocycles. The minimum absolute atomic E-state index is 0.0688. The fourth-order valence-corrected chi connectivity index (χ4v) is 6.43. The second-order valence-electron chi connectivity index (χ2n) is 10.6. The summed E-state index contributed by atoms with van der Waals surface area (Å²) < 4.78 is 0. The van der Waals surface area contributed by atoms with Crippen molar-refractivity contribution in [1.29, 1.82) is 5.41 Å². The lowest BCUT2D eigenvalue weighted by atomic mass is 9.79. The van der Waals surface area contributed by atoms with Gasteiger partial charge in [0.25, 0.3) is 5.56 Å². The zero-order valence-corrected chi connectivity index (χ0v) is 20.6. The highest BCUT2D eigenvalue weighted by Crippen LogP contribution is 2.34. The van der Waals surface area contributed by atoms with Gasteiger partial charge in [-0.1, -0.05) is 25.0 Å². The van der Waals surface area contributed by atoms with Crippen molar-refractivity contribution < 1.29 is 0 Å². The molecule has 0 amide bonds. The van der Waals surface area contributed by atoms with E-state index in [4.69, 9.17) is 16.1 Å². The van der Waals surface area contributed by atoms with Crippen molar-refractivity contribution in [2.75, 3.05) is 0 Å². The molecule has 1 saturated carbocycles. The van der Waals surface area contributed by atoms with E-state index in [0.29, 0.717) is 23.8 Å². The molecule has 5 atom stereocenters. The number of nitrogens with zero attached hydrogens (tertiary/aromatic N) is 2. The predicted octanol–water partition coefficient (Wildman–Crippen LogP) is 5.11. The number of piperidine rings is 1. The van der Waals surface area contributed by atoms with Crippen molar-refractivity contribution in [2.45, 2.75) is 109 Å². The Labute approximate surface area is 197 Å². The van der Waals surface area contributed by atoms with Crippen molar-refractivity contribution in [3.63, 3.8) is 0 Å². The Morgan fingerprint density at radius 3 is 2.67 bits per heavy atom. The van der Waals surface area contributed by atoms with Gasteiger partial charge in [-0.25, -0.2) is 4.98 Å². The first-order valence-corrected chi connectivity index (χ1v) is 13.0. The molecule has 0 spiro atoms. The molecule has 4 N–H and O–H groups in total. The number of nitrogens with one attached hydrogen (secondary N) is 2. The molecule has 6 heteroatoms. The van der Waals surface area contributed by atoms with Gasteiger partial charge >= 0.3 is 0 Å². The number of aromatic amines is 1. The number of para-hydroxylation sites is 1. The molecule has 5 unspecified atom stereocenters. The Morgan fingerprint density at radius 1 is 1.21 bits per heavy atom. The average molecular weight is 452 g/mol. The van der Waals surface area contributed by atoms with E-state index in [-0.39, 0.29) is 23.2 Å². The molecule has 2 aromatic rings. The van der Waals surface area contributed by atoms with Crippen LogP contribution >= 0.6 is 0 Å². The van der Waals surface area contributed by atoms with Gasteiger partial charge in [-0.05, 0) is 83.8 Å². The van der Waals surface area contributed by atoms with Crippen LogP contribution in [0.2, 0.25) is 0 Å². The number of aromatic nitrogens is 2. The first-order chi connectivity index (χ1) is 15.8. The quantitative estimate of drug-likeness (QED) is 0.402. The molecule has 2 heterocycles. The van der Waals surface area contributed by atoms with Gasteiger partial charge in [0.2, 0.25) is 0 Å². The molecule has 1 aromatic carbocycles. The second kappa shape index (κ2) is 10.4. The number of fused-ring (bicyclic) bond motifs is 1. The fraction of sp³-hybridized carbons (Fsp3) is 0.667. The van der Waals surface area contributed by atoms with Crippen LogP contribution in [0.5, 0.6) is 0 Å². The Bertz CT molecular complexity index is 1020. The number of rotatable bonds is 7. The van der Waals surface area contributed by atoms with E-state index in [9.17, 15) is 4.79 Å². The van der Waals surface area contributed by atoms with Gasteiger partial charge in [0, 0.05) is 30.0 Å². The maximum Gasteiger partial charge on any atom is 0.270 e. The van der Waals surface area contributed by atoms with E-state index >= 15 is 0 Å². The molecule has 2 aliphatic rings. The molecule has 180 valence electrons. The van der Waals surface area contributed by atoms with Crippen molar-refractivity contribution in [3.8, 4) is 0 Å². The molecule has 1 aliphatic carbocycles. The van der Waals surface area contributed by atoms with E-state index in [1.807, 2.05) is 6.07 Å². The van der Waals surface area contributed by atoms with E-state index in [2.05, 4.69) is 42.8 Å². The molecule has 2 fully saturated rings. The molecular formula is C27H41N5O. The van der Waals surface area contributed by atoms with Gasteiger partial charge in [-0.2, -0.15) is 0 Å². The summed E-state index contributed by atoms with van der Waals surface area (Å²) in [5.41, 5.74) is 9.24. The van der Waals surface area contributed by atoms with Crippen LogP contribution in [-0.2, 0) is 6.42 Å². The van der Waals surface area contributed by atoms with E-state index in [1.165, 1.54) is 24.8 Å². The molecule has 0 bridgehead atoms. The van der Waals surface area contributed by atoms with Gasteiger partial charge in [0.05, 0.1) is 16.9 Å². The van der Waals surface area contributed by atoms with Crippen LogP contribution in [0, 0.1) is 11.3 Å². The zero-order valence-electron chi connectivity index (χ0n) is 20.6. The average Bonchev–Trinajstić information content (AvgIpc) is 2.79. The molecule has 0 radical (unpaired) electrons. The van der Waals surface area contributed by atoms with Crippen LogP contribution in [0.3, 0.4) is 0 Å². The lowest BCUT2D eigenvalue weighted by Gasteiger charge is -2.43. The maximum atomic E-state index is 13.0. The Hall–Kier alpha value is -2.21. The zero-order chi connectivity index (χ0) is 23.5. The number of benzene rings is 1. The highest BCUT2D eigenvalue weighted by molar-refractivity contribution is 5.80. The number of amidine groups is 1. The highest BCUT2D eigenvalue weighted by atomic mass is 16.1. The van der Waals surface area contributed by atoms with Gasteiger partial charge in [0.1, 0.15) is 5.69 Å². The summed E-state index contributed by atoms with van der Waals surface area (Å²) in [4.78, 5) is 23.7. The molecule has 1 aliphatic heterocycles. The summed E-state index contributed by atoms with van der Waals surface area (Å²) in [5.74, 6) is 0.389. The first-order valence-electron chi connectivity index (χ1n) is 13.0. The topological polar surface area (TPSA) is 98.9 Å². The number of H-pyrrole nitrogens is 1. The van der Waals surface area contributed by atoms with Crippen LogP contribution < -0.4 is 11.3 Å². The molecule has 4 rings (SSSR count). The third kappa shape index (κ3) is 5.32. The molecule has 33 heavy (non-hydrogen) atoms. The van der Waals surface area contributed by atoms with Gasteiger partial charge in [-0.15, -0.1) is 0 Å². The normalized spacial score (nSPS) is 27.5. The number of hydrogen-bond acceptors (Lipinski definition) is 4. The monoisotopic (exact) mass is 451 g/mol. The summed E-state index contributed by atoms with van der Waals surface area (Å²) in [6.45, 7) is 7.11. The van der Waals surface area contributed by atoms with Crippen molar-refractivity contribution in [3.05, 3.63) is 39.8 Å². The minimum atomic E-state index is -0.0755. The second-order valence-corrected chi connectivity index (χ2v) is 10.6. The largest absolute Gasteiger partial charge is 0.387 e. The van der Waals surface area contributed by atoms with Crippen LogP contribution in [0.4, 0.5) is 0 Å². The minimum Gasteiger partial charge on any atom is -0.387 e. The fourth-order valence-electron chi connectivity index (χ4n) is 6.43. The van der Waals surface area contributed by atoms with Gasteiger partial charge in [-0.3, -0.25) is 15.1 Å². The summed E-state index contributed by atoms with van der Waals surface area (Å²) >= 11 is 0. The van der Waals surface area contributed by atoms with Crippen molar-refractivity contribution >= 4 is 16.9 Å². The summed E-state index contributed by atoms with van der Waals surface area (Å²) in [5, 5.41) is 7.80. The summed E-state index contributed by atoms with van der Waals surface area (Å²) in [6.07, 6.45) is 10.8. The van der Waals surface area contributed by atoms with E-state index in [1.54, 1.807) is 0 Å². The molecule has 1 aromatic heterocycles. The third-order valence-electron chi connectivity index (χ3n) is 8.18. The molecular weight excluding hydrogens is 410 g/mol. The van der Waals surface area contributed by atoms with Crippen molar-refractivity contribution in [2.24, 2.45) is 11.7 Å². The van der Waals surface area contributed by atoms with E-state index in [0.717, 1.165) is 56.0 Å². The van der Waals surface area contributed by atoms with Crippen LogP contribution in [0.1, 0.15) is 95.7 Å². The number of likely N-dealkylation sites (tertiary alicyclic amines) is 1. The van der Waals surface area contributed by atoms with Gasteiger partial charge < -0.3 is 10.7 Å². The third-order valence-corrected chi connectivity index (χ3v) is 8.18. The van der Waals surface area contributed by atoms with Gasteiger partial charge in [0.15, 0.2) is 0 Å². The van der Waals surface area contributed by atoms with Crippen LogP contribution in [0.25, 0.3) is 11.0 Å². The Morgan fingerprint density at radius 2 is 1.94 bits per heavy atom. The van der Waals surface area contributed by atoms with Crippen LogP contribution in [-0.4, -0.2) is 38.8 Å². The van der Waals surface area contributed by atoms with Crippen molar-refractivity contribution in [1.82, 2.24) is 14.9 Å². The lowest BCUT2D eigenvalue weighted by Crippen LogP contribution is -2.48. The lowest BCUT2D eigenvalue weighted by molar-refractivity contribution is 0.0580. The molecule has 6 nitrogen and oxygen atoms in total. The Kier molecular flexibility index (Phi) is 7.52. The number of aryl methyl sites for hydroxylation is 1. The summed E-state index contributed by atoms with van der Waals surface area (Å²) in [6, 6.07) is 8.11. The number of nitrogens with two attached hydrogens (primary N) is 1. The maximum absolute atomic E-state index is 13.0. The SMILES string of the molecule is CC(CCCc1cccc2nc(C3CCCC(C(=N)N)C3)c(=O)[nH]c12)N1C(C)CCCC1C. The first kappa shape index (κ1) is 23.9. The summed E-state index contributed by atoms with van der Waals surface area (Å²) in [7, 11) is 0. The highest BCUT2D eigenvalue weighted by Gasteiger charge is 2.29. The van der Waals surface area contributed by atoms with Crippen LogP contribution in [0.15, 0.2) is 23.0 Å². The standard InChI is InChI=1S/C27H41N5O/c1-17-8-4-9-18(2)32(17)19(3)10-5-11-20-12-7-15-23-24(20)31-27(33)25(30-23)21-13-6-14-22(16-21)26(28)29/h7,12,15,17-19,21-22H,4-6,8-11,13-14,16H2,1-3H3,(H3,28,29)(H,31,33).